The lowest BCUT2D eigenvalue weighted by Gasteiger charge is -2.22. The molecule has 0 spiro atoms. The maximum absolute atomic E-state index is 12.1. The van der Waals surface area contributed by atoms with E-state index in [0.29, 0.717) is 95.0 Å². The first-order valence-corrected chi connectivity index (χ1v) is 33.9. The van der Waals surface area contributed by atoms with Gasteiger partial charge in [-0.1, -0.05) is 145 Å². The minimum absolute atomic E-state index is 0.00519. The van der Waals surface area contributed by atoms with E-state index in [1.165, 1.54) is 63.0 Å². The summed E-state index contributed by atoms with van der Waals surface area (Å²) in [4.78, 5) is 25.2. The van der Waals surface area contributed by atoms with Crippen LogP contribution in [0.25, 0.3) is 0 Å². The molecule has 19 nitrogen and oxygen atoms in total. The van der Waals surface area contributed by atoms with E-state index in [0.717, 1.165) is 49.2 Å². The molecule has 5 atom stereocenters. The summed E-state index contributed by atoms with van der Waals surface area (Å²) in [5.41, 5.74) is 16.4. The fourth-order valence-electron chi connectivity index (χ4n) is 10.5. The van der Waals surface area contributed by atoms with E-state index in [-0.39, 0.29) is 92.4 Å². The molecule has 2 saturated heterocycles. The van der Waals surface area contributed by atoms with Gasteiger partial charge in [0.25, 0.3) is 16.1 Å². The molecule has 7 N–H and O–H groups in total. The van der Waals surface area contributed by atoms with Crippen LogP contribution in [0.5, 0.6) is 29.0 Å². The predicted octanol–water partition coefficient (Wildman–Crippen LogP) is 18.9. The number of nitrogen functional groups attached to an aromatic ring is 2. The van der Waals surface area contributed by atoms with Gasteiger partial charge in [0.2, 0.25) is 11.8 Å². The summed E-state index contributed by atoms with van der Waals surface area (Å²) in [7, 11) is 0. The molecule has 3 fully saturated rings. The second-order valence-electron chi connectivity index (χ2n) is 22.1. The zero-order valence-electron chi connectivity index (χ0n) is 65.7. The highest BCUT2D eigenvalue weighted by molar-refractivity contribution is 6.39. The first-order valence-electron chi connectivity index (χ1n) is 37.2. The van der Waals surface area contributed by atoms with Gasteiger partial charge >= 0.3 is 0 Å². The number of likely N-dealkylation sites (tertiary alicyclic amines) is 1. The number of aromatic amines is 1. The Bertz CT molecular complexity index is 4350. The number of ether oxygens (including phenoxy) is 2. The number of carbonyl (C=O) groups excluding carboxylic acids is 1. The van der Waals surface area contributed by atoms with Crippen LogP contribution in [-0.4, -0.2) is 93.0 Å². The summed E-state index contributed by atoms with van der Waals surface area (Å²) in [5, 5.41) is 48.6. The van der Waals surface area contributed by atoms with Crippen LogP contribution in [-0.2, 0) is 24.1 Å². The molecule has 7 aromatic rings. The van der Waals surface area contributed by atoms with Crippen molar-refractivity contribution in [3.05, 3.63) is 154 Å². The standard InChI is InChI=1S/C15H14Cl2N2O2.C14H12Cl3N3O.C10H17N.C8H8Cl2N2.C6H5Cl2NO.C6H10O.C4H9N.C2Cl2N4/c1-7-5-10(16)13(11(17)6-7)21-15-9-4-3-8(2)12(9)14(20)18-19-15;1-6-2-3-8-11(6)13(17)19-20-14(8)21-12-9(15)4-7(18)5-10(12)16;1-9-5-4-6-10(9)11-7-2-3-8-11;1-4-2-3-5-6(4)8(10)12-11-7(5)9;7-4-1-3(9)2-5(8)6(4)10;1-5-3-2-4-6(5)7;1-2-4-5-3-1;3-1-5-7-2(4)8-6-1/h5-6,8H,3-4H2,1-2H3,(H,18,20);4-6H,2-3,18H2,1H3;6,9H,2-5,7-8H2,1H3;4H,2-3H2,1H3;1-2,10H,9H2;5H,2-4H2,1H3;5H,1-4H2;/i2D3;3*1D3;;1D3;;. The number of nitrogens with zero attached hydrogens (tertiary/aromatic N) is 10. The highest BCUT2D eigenvalue weighted by Gasteiger charge is 2.30. The van der Waals surface area contributed by atoms with Crippen LogP contribution >= 0.6 is 128 Å². The van der Waals surface area contributed by atoms with Gasteiger partial charge in [0.05, 0.1) is 30.1 Å². The molecule has 30 heteroatoms. The summed E-state index contributed by atoms with van der Waals surface area (Å²) in [5.74, 6) is -2.47. The molecule has 0 amide bonds. The number of aryl methyl sites for hydroxylation is 1. The van der Waals surface area contributed by atoms with Crippen molar-refractivity contribution in [2.75, 3.05) is 37.6 Å². The quantitative estimate of drug-likeness (QED) is 0.0791. The third kappa shape index (κ3) is 22.0. The van der Waals surface area contributed by atoms with Crippen LogP contribution in [0.15, 0.2) is 53.0 Å². The molecule has 1 saturated carbocycles. The number of hydrogen-bond donors (Lipinski definition) is 5. The maximum Gasteiger partial charge on any atom is 0.268 e. The van der Waals surface area contributed by atoms with Crippen LogP contribution in [0, 0.1) is 18.8 Å². The largest absolute Gasteiger partial charge is 0.505 e. The fourth-order valence-corrected chi connectivity index (χ4v) is 13.2. The molecule has 5 aliphatic carbocycles. The third-order valence-corrected chi connectivity index (χ3v) is 18.0. The van der Waals surface area contributed by atoms with Crippen LogP contribution in [0.2, 0.25) is 56.2 Å². The Morgan fingerprint density at radius 3 is 1.47 bits per heavy atom. The van der Waals surface area contributed by atoms with E-state index >= 15 is 0 Å². The molecule has 5 unspecified atom stereocenters. The van der Waals surface area contributed by atoms with E-state index in [9.17, 15) is 9.59 Å². The number of nitrogens with one attached hydrogen (secondary N) is 2. The van der Waals surface area contributed by atoms with Gasteiger partial charge in [0, 0.05) is 90.9 Å². The lowest BCUT2D eigenvalue weighted by atomic mass is 10.1. The molecule has 6 heterocycles. The number of fused-ring (bicyclic) bond motifs is 3. The highest BCUT2D eigenvalue weighted by Crippen LogP contribution is 2.46. The van der Waals surface area contributed by atoms with E-state index in [1.807, 2.05) is 6.92 Å². The number of hydrogen-bond acceptors (Lipinski definition) is 18. The Balaban J connectivity index is 0.000000182. The molecular formula is C65H75Cl11N14O5. The average Bonchev–Trinajstić information content (AvgIpc) is 1.62. The number of rotatable bonds is 5. The number of benzene rings is 3. The number of ketones is 1. The van der Waals surface area contributed by atoms with Crippen LogP contribution in [0.4, 0.5) is 11.4 Å². The summed E-state index contributed by atoms with van der Waals surface area (Å²) < 4.78 is 123. The Morgan fingerprint density at radius 2 is 0.979 bits per heavy atom. The number of carbonyl (C=O) groups is 1. The van der Waals surface area contributed by atoms with Crippen LogP contribution in [0.3, 0.4) is 0 Å². The van der Waals surface area contributed by atoms with E-state index < -0.39 is 63.5 Å². The first kappa shape index (κ1) is 57.9. The topological polar surface area (TPSA) is 272 Å². The van der Waals surface area contributed by atoms with Gasteiger partial charge in [-0.05, 0) is 204 Å². The number of halogens is 11. The lowest BCUT2D eigenvalue weighted by Crippen LogP contribution is -2.20. The van der Waals surface area contributed by atoms with Crippen molar-refractivity contribution >= 4 is 145 Å². The van der Waals surface area contributed by atoms with Crippen LogP contribution in [0.1, 0.15) is 189 Å². The molecule has 0 radical (unpaired) electrons. The van der Waals surface area contributed by atoms with Gasteiger partial charge in [-0.25, -0.2) is 5.10 Å². The summed E-state index contributed by atoms with van der Waals surface area (Å²) in [6, 6.07) is 9.25. The van der Waals surface area contributed by atoms with Crippen molar-refractivity contribution in [3.8, 4) is 29.0 Å². The molecule has 512 valence electrons. The van der Waals surface area contributed by atoms with Crippen molar-refractivity contribution in [2.24, 2.45) is 11.8 Å². The molecule has 95 heavy (non-hydrogen) atoms. The van der Waals surface area contributed by atoms with Gasteiger partial charge in [-0.2, -0.15) is 0 Å². The van der Waals surface area contributed by atoms with Crippen molar-refractivity contribution in [2.45, 2.75) is 155 Å². The molecule has 0 bridgehead atoms. The lowest BCUT2D eigenvalue weighted by molar-refractivity contribution is -0.120. The van der Waals surface area contributed by atoms with Crippen LogP contribution < -0.4 is 31.8 Å². The van der Waals surface area contributed by atoms with Gasteiger partial charge < -0.3 is 36.3 Å². The van der Waals surface area contributed by atoms with Gasteiger partial charge in [0.1, 0.15) is 5.78 Å². The van der Waals surface area contributed by atoms with Crippen molar-refractivity contribution < 1.29 is 39.9 Å². The van der Waals surface area contributed by atoms with Gasteiger partial charge in [0.15, 0.2) is 32.7 Å². The predicted molar refractivity (Wildman–Crippen MR) is 384 cm³/mol. The monoisotopic (exact) mass is 1530 g/mol. The van der Waals surface area contributed by atoms with Crippen molar-refractivity contribution in [3.63, 3.8) is 0 Å². The number of allylic oxidation sites excluding steroid dienone is 2. The van der Waals surface area contributed by atoms with Crippen molar-refractivity contribution in [1.29, 1.82) is 0 Å². The molecule has 14 rings (SSSR count). The Labute approximate surface area is 629 Å². The number of anilines is 2. The fraction of sp³-hybridized carbons (Fsp3) is 0.462. The minimum atomic E-state index is -2.25. The Hall–Kier alpha value is -5.00. The summed E-state index contributed by atoms with van der Waals surface area (Å²) >= 11 is 63.8. The molecule has 2 aliphatic heterocycles. The number of aromatic nitrogens is 10. The molecule has 3 aromatic carbocycles. The maximum atomic E-state index is 12.1. The second kappa shape index (κ2) is 37.3. The normalized spacial score (nSPS) is 22.1. The highest BCUT2D eigenvalue weighted by atomic mass is 35.5. The molecule has 4 aromatic heterocycles. The summed E-state index contributed by atoms with van der Waals surface area (Å²) in [6.45, 7) is -3.88. The van der Waals surface area contributed by atoms with Crippen molar-refractivity contribution in [1.82, 2.24) is 61.2 Å². The van der Waals surface area contributed by atoms with E-state index in [4.69, 9.17) is 174 Å². The van der Waals surface area contributed by atoms with Gasteiger partial charge in [-0.3, -0.25) is 9.59 Å². The zero-order valence-corrected chi connectivity index (χ0v) is 59.0. The first-order chi connectivity index (χ1) is 51.3. The third-order valence-electron chi connectivity index (χ3n) is 15.2. The number of Topliss-reactive ketones (excluding diaryl/α,β-unsaturated/α-hetero) is 1. The average molecular weight is 1540 g/mol. The number of nitrogens with two attached hydrogens (primary N) is 2. The summed E-state index contributed by atoms with van der Waals surface area (Å²) in [6.07, 6.45) is 13.6. The van der Waals surface area contributed by atoms with E-state index in [2.05, 4.69) is 67.3 Å². The number of phenolic OH excluding ortho intramolecular Hbond substituents is 1. The Kier molecular flexibility index (Phi) is 22.7. The molecule has 7 aliphatic rings. The number of aromatic hydroxyl groups is 1. The minimum Gasteiger partial charge on any atom is -0.505 e. The smallest absolute Gasteiger partial charge is 0.268 e. The number of phenols is 1. The van der Waals surface area contributed by atoms with Gasteiger partial charge in [-0.15, -0.1) is 45.9 Å². The SMILES string of the molecule is C1CCNC1.Clc1nnc(Cl)nn1.Nc1cc(Cl)c(O)c(Cl)c1.[2H]C([2H])([2H])C1CCC=C1N1CCCC1.[2H]C([2H])([2H])C1CCCC1=O.[2H]C([2H])([2H])C1CCc2c(Cl)nnc(Cl)c21.[2H]C([2H])([2H])C1CCc2c(Oc3c(Cl)cc(C)cc3Cl)n[nH]c(=O)c21.[2H]C([2H])([2H])C1CCc2c(Oc3c(Cl)cc(N)cc3Cl)nnc(Cl)c21. The second-order valence-corrected chi connectivity index (χ2v) is 26.2. The zero-order chi connectivity index (χ0) is 81.7. The number of H-pyrrole nitrogens is 1. The molecular weight excluding hydrogens is 1450 g/mol. The van der Waals surface area contributed by atoms with E-state index in [1.54, 1.807) is 12.1 Å². The Morgan fingerprint density at radius 1 is 0.516 bits per heavy atom.